The minimum atomic E-state index is -0.672. The molecule has 0 aromatic heterocycles. The number of nitrogens with one attached hydrogen (secondary N) is 2. The second-order valence-corrected chi connectivity index (χ2v) is 13.9. The van der Waals surface area contributed by atoms with Gasteiger partial charge in [-0.15, -0.1) is 0 Å². The van der Waals surface area contributed by atoms with Gasteiger partial charge >= 0.3 is 24.4 Å². The Balaban J connectivity index is 5.18. The Labute approximate surface area is 252 Å². The van der Waals surface area contributed by atoms with Gasteiger partial charge in [0.05, 0.1) is 0 Å². The predicted octanol–water partition coefficient (Wildman–Crippen LogP) is 5.85. The van der Waals surface area contributed by atoms with Crippen LogP contribution in [0, 0.1) is 0 Å². The highest BCUT2D eigenvalue weighted by molar-refractivity contribution is 5.69. The Morgan fingerprint density at radius 3 is 1.07 bits per heavy atom. The number of rotatable bonds is 12. The second-order valence-electron chi connectivity index (χ2n) is 13.9. The van der Waals surface area contributed by atoms with Crippen LogP contribution >= 0.6 is 0 Å². The molecule has 0 aliphatic carbocycles. The van der Waals surface area contributed by atoms with Crippen molar-refractivity contribution in [1.29, 1.82) is 0 Å². The maximum Gasteiger partial charge on any atom is 0.410 e. The van der Waals surface area contributed by atoms with Crippen LogP contribution in [0.15, 0.2) is 12.2 Å². The van der Waals surface area contributed by atoms with E-state index in [0.29, 0.717) is 39.0 Å². The molecule has 244 valence electrons. The first-order valence-electron chi connectivity index (χ1n) is 14.5. The van der Waals surface area contributed by atoms with Crippen LogP contribution in [0.2, 0.25) is 0 Å². The molecule has 0 saturated heterocycles. The molecule has 0 aliphatic rings. The van der Waals surface area contributed by atoms with Crippen molar-refractivity contribution < 1.29 is 38.1 Å². The third kappa shape index (κ3) is 22.5. The minimum Gasteiger partial charge on any atom is -0.444 e. The lowest BCUT2D eigenvalue weighted by Crippen LogP contribution is -2.40. The topological polar surface area (TPSA) is 136 Å². The average Bonchev–Trinajstić information content (AvgIpc) is 2.74. The number of alkyl carbamates (subject to hydrolysis) is 2. The van der Waals surface area contributed by atoms with Crippen molar-refractivity contribution in [1.82, 2.24) is 20.4 Å². The van der Waals surface area contributed by atoms with Gasteiger partial charge in [-0.1, -0.05) is 12.2 Å². The van der Waals surface area contributed by atoms with E-state index in [1.165, 1.54) is 9.80 Å². The molecule has 4 amide bonds. The van der Waals surface area contributed by atoms with Gasteiger partial charge in [0.25, 0.3) is 0 Å². The van der Waals surface area contributed by atoms with Crippen molar-refractivity contribution in [2.75, 3.05) is 39.3 Å². The van der Waals surface area contributed by atoms with Gasteiger partial charge in [-0.2, -0.15) is 0 Å². The number of hydrogen-bond acceptors (Lipinski definition) is 8. The Bertz CT molecular complexity index is 821. The molecule has 0 fully saturated rings. The molecule has 42 heavy (non-hydrogen) atoms. The summed E-state index contributed by atoms with van der Waals surface area (Å²) in [4.78, 5) is 52.5. The van der Waals surface area contributed by atoms with Crippen LogP contribution in [0.4, 0.5) is 19.2 Å². The summed E-state index contributed by atoms with van der Waals surface area (Å²) in [6, 6.07) is 0. The molecule has 0 saturated carbocycles. The fraction of sp³-hybridized carbons (Fsp3) is 0.800. The van der Waals surface area contributed by atoms with Gasteiger partial charge in [-0.25, -0.2) is 19.2 Å². The third-order valence-corrected chi connectivity index (χ3v) is 4.67. The van der Waals surface area contributed by atoms with Crippen LogP contribution in [0.25, 0.3) is 0 Å². The van der Waals surface area contributed by atoms with Gasteiger partial charge in [-0.3, -0.25) is 0 Å². The number of ether oxygens (including phenoxy) is 4. The van der Waals surface area contributed by atoms with Gasteiger partial charge in [-0.05, 0) is 95.9 Å². The van der Waals surface area contributed by atoms with Gasteiger partial charge < -0.3 is 39.4 Å². The highest BCUT2D eigenvalue weighted by Crippen LogP contribution is 2.12. The van der Waals surface area contributed by atoms with Crippen molar-refractivity contribution >= 4 is 24.4 Å². The van der Waals surface area contributed by atoms with Crippen LogP contribution in [0.1, 0.15) is 95.9 Å². The first kappa shape index (κ1) is 38.8. The molecular weight excluding hydrogens is 544 g/mol. The maximum atomic E-state index is 12.8. The van der Waals surface area contributed by atoms with Gasteiger partial charge in [0.15, 0.2) is 0 Å². The highest BCUT2D eigenvalue weighted by Gasteiger charge is 2.23. The molecule has 0 heterocycles. The lowest BCUT2D eigenvalue weighted by Gasteiger charge is -2.27. The monoisotopic (exact) mass is 600 g/mol. The Morgan fingerprint density at radius 2 is 0.810 bits per heavy atom. The zero-order chi connectivity index (χ0) is 32.8. The molecule has 12 heteroatoms. The lowest BCUT2D eigenvalue weighted by molar-refractivity contribution is 0.0251. The lowest BCUT2D eigenvalue weighted by atomic mass is 10.2. The zero-order valence-electron chi connectivity index (χ0n) is 28.0. The van der Waals surface area contributed by atoms with E-state index in [4.69, 9.17) is 18.9 Å². The molecule has 0 aliphatic heterocycles. The first-order valence-corrected chi connectivity index (χ1v) is 14.5. The number of nitrogens with zero attached hydrogens (tertiary/aromatic N) is 2. The van der Waals surface area contributed by atoms with Crippen LogP contribution in [-0.2, 0) is 18.9 Å². The Kier molecular flexibility index (Phi) is 15.8. The standard InChI is InChI=1S/C30H56N4O8/c1-27(2,3)39-23(35)31-17-15-21-33(25(37)41-29(7,8)9)19-13-14-20-34(26(38)42-30(10,11)12)22-16-18-32-24(36)40-28(4,5)6/h13-14H,15-22H2,1-12H3,(H,31,35)(H,32,36). The zero-order valence-corrected chi connectivity index (χ0v) is 28.0. The highest BCUT2D eigenvalue weighted by atomic mass is 16.6. The minimum absolute atomic E-state index is 0.240. The summed E-state index contributed by atoms with van der Waals surface area (Å²) in [6.45, 7) is 23.3. The predicted molar refractivity (Wildman–Crippen MR) is 162 cm³/mol. The molecule has 0 aromatic carbocycles. The number of carbonyl (C=O) groups excluding carboxylic acids is 4. The van der Waals surface area contributed by atoms with Crippen LogP contribution < -0.4 is 10.6 Å². The largest absolute Gasteiger partial charge is 0.444 e. The van der Waals surface area contributed by atoms with E-state index in [1.807, 2.05) is 0 Å². The van der Waals surface area contributed by atoms with E-state index >= 15 is 0 Å². The number of amides is 4. The summed E-state index contributed by atoms with van der Waals surface area (Å²) in [5, 5.41) is 5.37. The summed E-state index contributed by atoms with van der Waals surface area (Å²) >= 11 is 0. The molecule has 0 radical (unpaired) electrons. The Hall–Kier alpha value is -3.18. The van der Waals surface area contributed by atoms with Gasteiger partial charge in [0, 0.05) is 39.3 Å². The fourth-order valence-corrected chi connectivity index (χ4v) is 3.12. The molecule has 0 spiro atoms. The quantitative estimate of drug-likeness (QED) is 0.162. The molecule has 2 N–H and O–H groups in total. The van der Waals surface area contributed by atoms with Crippen LogP contribution in [0.3, 0.4) is 0 Å². The SMILES string of the molecule is CC(C)(C)OC(=O)NCCCN(CC=CCN(CCCNC(=O)OC(C)(C)C)C(=O)OC(C)(C)C)C(=O)OC(C)(C)C. The maximum absolute atomic E-state index is 12.8. The summed E-state index contributed by atoms with van der Waals surface area (Å²) < 4.78 is 21.6. The second kappa shape index (κ2) is 17.1. The summed E-state index contributed by atoms with van der Waals surface area (Å²) in [5.74, 6) is 0. The molecule has 12 nitrogen and oxygen atoms in total. The van der Waals surface area contributed by atoms with E-state index < -0.39 is 46.8 Å². The average molecular weight is 601 g/mol. The molecule has 0 bridgehead atoms. The van der Waals surface area contributed by atoms with Crippen molar-refractivity contribution in [3.63, 3.8) is 0 Å². The van der Waals surface area contributed by atoms with Crippen molar-refractivity contribution in [2.24, 2.45) is 0 Å². The summed E-state index contributed by atoms with van der Waals surface area (Å²) in [5.41, 5.74) is -2.54. The van der Waals surface area contributed by atoms with Gasteiger partial charge in [0.1, 0.15) is 22.4 Å². The summed E-state index contributed by atoms with van der Waals surface area (Å²) in [6.07, 6.45) is 2.53. The fourth-order valence-electron chi connectivity index (χ4n) is 3.12. The molecule has 0 aromatic rings. The van der Waals surface area contributed by atoms with E-state index in [2.05, 4.69) is 10.6 Å². The smallest absolute Gasteiger partial charge is 0.410 e. The number of carbonyl (C=O) groups is 4. The van der Waals surface area contributed by atoms with Gasteiger partial charge in [0.2, 0.25) is 0 Å². The van der Waals surface area contributed by atoms with E-state index in [0.717, 1.165) is 0 Å². The van der Waals surface area contributed by atoms with E-state index in [-0.39, 0.29) is 13.1 Å². The van der Waals surface area contributed by atoms with E-state index in [1.54, 1.807) is 95.2 Å². The number of hydrogen-bond donors (Lipinski definition) is 2. The van der Waals surface area contributed by atoms with E-state index in [9.17, 15) is 19.2 Å². The summed E-state index contributed by atoms with van der Waals surface area (Å²) in [7, 11) is 0. The van der Waals surface area contributed by atoms with Crippen LogP contribution in [-0.4, -0.2) is 95.8 Å². The van der Waals surface area contributed by atoms with Crippen molar-refractivity contribution in [3.8, 4) is 0 Å². The van der Waals surface area contributed by atoms with Crippen molar-refractivity contribution in [2.45, 2.75) is 118 Å². The Morgan fingerprint density at radius 1 is 0.524 bits per heavy atom. The van der Waals surface area contributed by atoms with Crippen LogP contribution in [0.5, 0.6) is 0 Å². The molecular formula is C30H56N4O8. The molecule has 0 rings (SSSR count). The first-order chi connectivity index (χ1) is 19.0. The molecule has 0 atom stereocenters. The van der Waals surface area contributed by atoms with Crippen molar-refractivity contribution in [3.05, 3.63) is 12.2 Å². The molecule has 0 unspecified atom stereocenters. The normalized spacial score (nSPS) is 12.4. The third-order valence-electron chi connectivity index (χ3n) is 4.67.